The molecule has 2 aromatic carbocycles. The number of halogens is 2. The van der Waals surface area contributed by atoms with Crippen molar-refractivity contribution in [2.24, 2.45) is 0 Å². The molecule has 43 heavy (non-hydrogen) atoms. The Morgan fingerprint density at radius 1 is 1.02 bits per heavy atom. The van der Waals surface area contributed by atoms with Crippen molar-refractivity contribution in [3.05, 3.63) is 104 Å². The van der Waals surface area contributed by atoms with Gasteiger partial charge in [-0.25, -0.2) is 13.1 Å². The van der Waals surface area contributed by atoms with Gasteiger partial charge in [0.15, 0.2) is 6.20 Å². The Bertz CT molecular complexity index is 1670. The molecule has 0 unspecified atom stereocenters. The van der Waals surface area contributed by atoms with Gasteiger partial charge in [0.25, 0.3) is 5.91 Å². The van der Waals surface area contributed by atoms with Crippen LogP contribution in [0.5, 0.6) is 0 Å². The number of amides is 2. The van der Waals surface area contributed by atoms with Gasteiger partial charge in [-0.05, 0) is 62.1 Å². The molecule has 5 rings (SSSR count). The molecule has 0 saturated heterocycles. The third kappa shape index (κ3) is 6.38. The number of pyridine rings is 1. The van der Waals surface area contributed by atoms with Crippen molar-refractivity contribution in [3.8, 4) is 0 Å². The second kappa shape index (κ2) is 12.1. The standard InChI is InChI=1S/C31H34Cl2N4O5S/c1-31(2,26-14-8-9-17-36(26)40)34-29(38)27-20-10-4-5-11-21(20)30(39)37(28(27)22-16-15-19(32)18-23(22)33)25-13-7-6-12-24(25)35-43(3,41)42/h4-5,8-11,14-18,24-25,27-28,35H,6-7,12-13H2,1-3H3,(H,34,38)/t24-,25-,27+,28-/m0/s1. The average Bonchev–Trinajstić information content (AvgIpc) is 2.93. The van der Waals surface area contributed by atoms with Gasteiger partial charge in [-0.3, -0.25) is 9.59 Å². The molecule has 0 bridgehead atoms. The lowest BCUT2D eigenvalue weighted by Crippen LogP contribution is -2.60. The van der Waals surface area contributed by atoms with E-state index in [4.69, 9.17) is 23.2 Å². The highest BCUT2D eigenvalue weighted by atomic mass is 35.5. The van der Waals surface area contributed by atoms with Crippen LogP contribution in [0.3, 0.4) is 0 Å². The van der Waals surface area contributed by atoms with Gasteiger partial charge >= 0.3 is 0 Å². The largest absolute Gasteiger partial charge is 0.618 e. The topological polar surface area (TPSA) is 123 Å². The zero-order chi connectivity index (χ0) is 31.1. The van der Waals surface area contributed by atoms with Crippen molar-refractivity contribution in [1.82, 2.24) is 14.9 Å². The van der Waals surface area contributed by atoms with Gasteiger partial charge < -0.3 is 15.4 Å². The van der Waals surface area contributed by atoms with Gasteiger partial charge in [0.05, 0.1) is 18.2 Å². The van der Waals surface area contributed by atoms with E-state index in [1.54, 1.807) is 79.4 Å². The summed E-state index contributed by atoms with van der Waals surface area (Å²) in [5, 5.41) is 16.4. The summed E-state index contributed by atoms with van der Waals surface area (Å²) in [5.74, 6) is -1.68. The Morgan fingerprint density at radius 3 is 2.42 bits per heavy atom. The molecule has 12 heteroatoms. The lowest BCUT2D eigenvalue weighted by atomic mass is 9.76. The summed E-state index contributed by atoms with van der Waals surface area (Å²) < 4.78 is 28.3. The first-order chi connectivity index (χ1) is 20.3. The Morgan fingerprint density at radius 2 is 1.72 bits per heavy atom. The summed E-state index contributed by atoms with van der Waals surface area (Å²) in [6.45, 7) is 3.48. The monoisotopic (exact) mass is 644 g/mol. The highest BCUT2D eigenvalue weighted by Gasteiger charge is 2.50. The van der Waals surface area contributed by atoms with Gasteiger partial charge in [-0.15, -0.1) is 0 Å². The molecule has 0 radical (unpaired) electrons. The van der Waals surface area contributed by atoms with Crippen LogP contribution in [0.25, 0.3) is 0 Å². The van der Waals surface area contributed by atoms with Crippen LogP contribution >= 0.6 is 23.2 Å². The van der Waals surface area contributed by atoms with Gasteiger partial charge in [0.1, 0.15) is 5.54 Å². The molecular weight excluding hydrogens is 611 g/mol. The first-order valence-electron chi connectivity index (χ1n) is 14.1. The van der Waals surface area contributed by atoms with Crippen LogP contribution in [0.4, 0.5) is 0 Å². The second-order valence-corrected chi connectivity index (χ2v) is 14.4. The maximum absolute atomic E-state index is 14.5. The molecule has 2 aliphatic rings. The minimum absolute atomic E-state index is 0.274. The fourth-order valence-corrected chi connectivity index (χ4v) is 7.84. The predicted molar refractivity (Wildman–Crippen MR) is 165 cm³/mol. The normalized spacial score (nSPS) is 22.6. The van der Waals surface area contributed by atoms with Crippen LogP contribution in [-0.4, -0.2) is 43.5 Å². The first kappa shape index (κ1) is 31.3. The summed E-state index contributed by atoms with van der Waals surface area (Å²) in [6.07, 6.45) is 5.10. The fraction of sp³-hybridized carbons (Fsp3) is 0.387. The zero-order valence-electron chi connectivity index (χ0n) is 24.1. The molecule has 1 aromatic heterocycles. The van der Waals surface area contributed by atoms with E-state index in [1.807, 2.05) is 0 Å². The number of hydrogen-bond donors (Lipinski definition) is 2. The van der Waals surface area contributed by atoms with E-state index in [2.05, 4.69) is 10.0 Å². The van der Waals surface area contributed by atoms with Gasteiger partial charge in [-0.1, -0.05) is 60.3 Å². The van der Waals surface area contributed by atoms with Crippen molar-refractivity contribution in [3.63, 3.8) is 0 Å². The Labute approximate surface area is 261 Å². The molecule has 1 fully saturated rings. The molecule has 3 aromatic rings. The first-order valence-corrected chi connectivity index (χ1v) is 16.8. The van der Waals surface area contributed by atoms with E-state index in [0.29, 0.717) is 45.0 Å². The minimum atomic E-state index is -3.60. The molecular formula is C31H34Cl2N4O5S. The molecule has 2 N–H and O–H groups in total. The van der Waals surface area contributed by atoms with Crippen molar-refractivity contribution >= 4 is 45.0 Å². The summed E-state index contributed by atoms with van der Waals surface area (Å²) in [5.41, 5.74) is 0.630. The van der Waals surface area contributed by atoms with Crippen molar-refractivity contribution < 1.29 is 22.7 Å². The molecule has 228 valence electrons. The highest BCUT2D eigenvalue weighted by Crippen LogP contribution is 2.48. The van der Waals surface area contributed by atoms with Crippen LogP contribution < -0.4 is 14.8 Å². The van der Waals surface area contributed by atoms with E-state index < -0.39 is 45.5 Å². The third-order valence-corrected chi connectivity index (χ3v) is 9.59. The summed E-state index contributed by atoms with van der Waals surface area (Å²) >= 11 is 13.1. The molecule has 2 heterocycles. The van der Waals surface area contributed by atoms with Crippen LogP contribution in [-0.2, 0) is 20.4 Å². The highest BCUT2D eigenvalue weighted by molar-refractivity contribution is 7.88. The maximum Gasteiger partial charge on any atom is 0.255 e. The molecule has 9 nitrogen and oxygen atoms in total. The lowest BCUT2D eigenvalue weighted by Gasteiger charge is -2.49. The average molecular weight is 646 g/mol. The van der Waals surface area contributed by atoms with E-state index in [9.17, 15) is 23.2 Å². The number of hydrogen-bond acceptors (Lipinski definition) is 5. The number of nitrogens with zero attached hydrogens (tertiary/aromatic N) is 2. The van der Waals surface area contributed by atoms with Crippen LogP contribution in [0.1, 0.15) is 78.7 Å². The number of carbonyl (C=O) groups is 2. The van der Waals surface area contributed by atoms with E-state index >= 15 is 0 Å². The van der Waals surface area contributed by atoms with E-state index in [-0.39, 0.29) is 10.9 Å². The number of sulfonamides is 1. The number of nitrogens with one attached hydrogen (secondary N) is 2. The molecule has 1 saturated carbocycles. The fourth-order valence-electron chi connectivity index (χ4n) is 6.49. The van der Waals surface area contributed by atoms with E-state index in [0.717, 1.165) is 19.1 Å². The molecule has 2 amide bonds. The van der Waals surface area contributed by atoms with Crippen LogP contribution in [0, 0.1) is 5.21 Å². The number of rotatable bonds is 7. The number of carbonyl (C=O) groups excluding carboxylic acids is 2. The number of benzene rings is 2. The maximum atomic E-state index is 14.5. The Kier molecular flexibility index (Phi) is 8.77. The smallest absolute Gasteiger partial charge is 0.255 e. The lowest BCUT2D eigenvalue weighted by molar-refractivity contribution is -0.618. The minimum Gasteiger partial charge on any atom is -0.618 e. The second-order valence-electron chi connectivity index (χ2n) is 11.8. The third-order valence-electron chi connectivity index (χ3n) is 8.29. The predicted octanol–water partition coefficient (Wildman–Crippen LogP) is 4.82. The number of fused-ring (bicyclic) bond motifs is 1. The molecule has 1 aliphatic carbocycles. The van der Waals surface area contributed by atoms with Crippen molar-refractivity contribution in [2.75, 3.05) is 6.26 Å². The SMILES string of the molecule is CC(C)(NC(=O)[C@@H]1c2ccccc2C(=O)N([C@H]2CCCC[C@@H]2NS(C)(=O)=O)[C@H]1c1ccc(Cl)cc1Cl)c1cccc[n+]1[O-]. The summed E-state index contributed by atoms with van der Waals surface area (Å²) in [4.78, 5) is 30.6. The van der Waals surface area contributed by atoms with Gasteiger partial charge in [0.2, 0.25) is 21.6 Å². The quantitative estimate of drug-likeness (QED) is 0.282. The summed E-state index contributed by atoms with van der Waals surface area (Å²) in [6, 6.07) is 14.8. The van der Waals surface area contributed by atoms with E-state index in [1.165, 1.54) is 6.20 Å². The number of aromatic nitrogens is 1. The summed E-state index contributed by atoms with van der Waals surface area (Å²) in [7, 11) is -3.60. The zero-order valence-corrected chi connectivity index (χ0v) is 26.4. The van der Waals surface area contributed by atoms with Crippen LogP contribution in [0.15, 0.2) is 66.9 Å². The molecule has 0 spiro atoms. The van der Waals surface area contributed by atoms with Crippen LogP contribution in [0.2, 0.25) is 10.0 Å². The van der Waals surface area contributed by atoms with Gasteiger partial charge in [-0.2, -0.15) is 4.73 Å². The Balaban J connectivity index is 1.69. The van der Waals surface area contributed by atoms with Gasteiger partial charge in [0, 0.05) is 39.8 Å². The molecule has 4 atom stereocenters. The van der Waals surface area contributed by atoms with Crippen molar-refractivity contribution in [1.29, 1.82) is 0 Å². The Hall–Kier alpha value is -3.18. The van der Waals surface area contributed by atoms with Crippen molar-refractivity contribution in [2.45, 2.75) is 69.1 Å². The molecule has 1 aliphatic heterocycles.